The van der Waals surface area contributed by atoms with E-state index in [0.717, 1.165) is 25.7 Å². The van der Waals surface area contributed by atoms with Gasteiger partial charge in [-0.3, -0.25) is 10.1 Å². The molecule has 0 amide bonds. The fourth-order valence-electron chi connectivity index (χ4n) is 4.54. The third kappa shape index (κ3) is 6.74. The van der Waals surface area contributed by atoms with Gasteiger partial charge in [0.25, 0.3) is 5.69 Å². The number of dihydropyridines is 1. The molecule has 10 nitrogen and oxygen atoms in total. The number of rotatable bonds is 8. The zero-order valence-corrected chi connectivity index (χ0v) is 20.3. The number of nitro benzene ring substituents is 1. The molecule has 0 aromatic heterocycles. The minimum Gasteiger partial charge on any atom is -0.434 e. The summed E-state index contributed by atoms with van der Waals surface area (Å²) in [6.07, 6.45) is 4.34. The molecule has 1 N–H and O–H groups in total. The van der Waals surface area contributed by atoms with Crippen LogP contribution in [0.25, 0.3) is 0 Å². The quantitative estimate of drug-likeness (QED) is 0.265. The predicted octanol–water partition coefficient (Wildman–Crippen LogP) is 6.04. The normalized spacial score (nSPS) is 18.5. The summed E-state index contributed by atoms with van der Waals surface area (Å²) in [6, 6.07) is 5.95. The van der Waals surface area contributed by atoms with Crippen LogP contribution in [0.15, 0.2) is 47.2 Å². The zero-order chi connectivity index (χ0) is 25.4. The Labute approximate surface area is 204 Å². The standard InChI is InChI=1S/C25H32N2O8/c1-4-32-24(28)34-22-16(3)26-20(14-17-10-7-6-8-11-17)23(35-25(29)33-5-2)21(22)18-12-9-13-19(15-18)27(30)31/h9,12-13,15,17,21,26H,4-8,10-11,14H2,1-3H3. The molecule has 1 saturated carbocycles. The lowest BCUT2D eigenvalue weighted by molar-refractivity contribution is -0.384. The number of carbonyl (C=O) groups is 2. The first-order valence-electron chi connectivity index (χ1n) is 12.0. The average molecular weight is 489 g/mol. The minimum atomic E-state index is -0.926. The predicted molar refractivity (Wildman–Crippen MR) is 126 cm³/mol. The second kappa shape index (κ2) is 12.2. The Morgan fingerprint density at radius 3 is 2.26 bits per heavy atom. The van der Waals surface area contributed by atoms with E-state index in [1.165, 1.54) is 24.6 Å². The van der Waals surface area contributed by atoms with Crippen LogP contribution in [-0.2, 0) is 18.9 Å². The lowest BCUT2D eigenvalue weighted by atomic mass is 9.83. The van der Waals surface area contributed by atoms with Gasteiger partial charge in [-0.15, -0.1) is 0 Å². The molecule has 0 spiro atoms. The number of benzene rings is 1. The maximum atomic E-state index is 12.5. The third-order valence-electron chi connectivity index (χ3n) is 6.07. The van der Waals surface area contributed by atoms with E-state index in [9.17, 15) is 19.7 Å². The summed E-state index contributed by atoms with van der Waals surface area (Å²) in [4.78, 5) is 35.7. The molecule has 10 heteroatoms. The third-order valence-corrected chi connectivity index (χ3v) is 6.07. The SMILES string of the molecule is CCOC(=O)OC1=C(C)NC(CC2CCCCC2)=C(OC(=O)OCC)C1c1cccc([N+](=O)[O-])c1. The van der Waals surface area contributed by atoms with Crippen LogP contribution in [0.4, 0.5) is 15.3 Å². The Morgan fingerprint density at radius 2 is 1.66 bits per heavy atom. The van der Waals surface area contributed by atoms with Gasteiger partial charge in [-0.05, 0) is 38.7 Å². The van der Waals surface area contributed by atoms with Crippen LogP contribution in [0.2, 0.25) is 0 Å². The molecule has 0 saturated heterocycles. The molecule has 35 heavy (non-hydrogen) atoms. The lowest BCUT2D eigenvalue weighted by Gasteiger charge is -2.33. The Kier molecular flexibility index (Phi) is 9.11. The Bertz CT molecular complexity index is 1010. The summed E-state index contributed by atoms with van der Waals surface area (Å²) < 4.78 is 21.2. The number of hydrogen-bond acceptors (Lipinski definition) is 9. The number of hydrogen-bond donors (Lipinski definition) is 1. The van der Waals surface area contributed by atoms with Crippen molar-refractivity contribution in [1.29, 1.82) is 0 Å². The van der Waals surface area contributed by atoms with E-state index >= 15 is 0 Å². The molecule has 1 atom stereocenters. The highest BCUT2D eigenvalue weighted by molar-refractivity contribution is 5.65. The fraction of sp³-hybridized carbons (Fsp3) is 0.520. The monoisotopic (exact) mass is 488 g/mol. The highest BCUT2D eigenvalue weighted by Crippen LogP contribution is 2.42. The summed E-state index contributed by atoms with van der Waals surface area (Å²) in [5.74, 6) is -0.184. The second-order valence-corrected chi connectivity index (χ2v) is 8.52. The van der Waals surface area contributed by atoms with Crippen molar-refractivity contribution in [1.82, 2.24) is 5.32 Å². The van der Waals surface area contributed by atoms with Crippen LogP contribution in [0.5, 0.6) is 0 Å². The van der Waals surface area contributed by atoms with Gasteiger partial charge in [-0.2, -0.15) is 0 Å². The molecule has 1 aromatic carbocycles. The molecule has 190 valence electrons. The van der Waals surface area contributed by atoms with Crippen molar-refractivity contribution in [3.8, 4) is 0 Å². The fourth-order valence-corrected chi connectivity index (χ4v) is 4.54. The Balaban J connectivity index is 2.11. The van der Waals surface area contributed by atoms with E-state index in [4.69, 9.17) is 18.9 Å². The van der Waals surface area contributed by atoms with E-state index in [2.05, 4.69) is 5.32 Å². The summed E-state index contributed by atoms with van der Waals surface area (Å²) in [5.41, 5.74) is 1.48. The van der Waals surface area contributed by atoms with Gasteiger partial charge >= 0.3 is 12.3 Å². The van der Waals surface area contributed by atoms with E-state index in [1.807, 2.05) is 0 Å². The largest absolute Gasteiger partial charge is 0.513 e. The van der Waals surface area contributed by atoms with E-state index < -0.39 is 23.2 Å². The van der Waals surface area contributed by atoms with Gasteiger partial charge < -0.3 is 24.3 Å². The molecule has 1 aromatic rings. The van der Waals surface area contributed by atoms with Gasteiger partial charge in [-0.25, -0.2) is 9.59 Å². The molecular weight excluding hydrogens is 456 g/mol. The average Bonchev–Trinajstić information content (AvgIpc) is 2.83. The molecular formula is C25H32N2O8. The van der Waals surface area contributed by atoms with Crippen LogP contribution in [0.3, 0.4) is 0 Å². The van der Waals surface area contributed by atoms with E-state index in [1.54, 1.807) is 26.8 Å². The summed E-state index contributed by atoms with van der Waals surface area (Å²) in [6.45, 7) is 5.27. The van der Waals surface area contributed by atoms with Crippen molar-refractivity contribution in [3.63, 3.8) is 0 Å². The first-order valence-corrected chi connectivity index (χ1v) is 12.0. The van der Waals surface area contributed by atoms with Gasteiger partial charge in [-0.1, -0.05) is 44.2 Å². The number of nitro groups is 1. The second-order valence-electron chi connectivity index (χ2n) is 8.52. The number of allylic oxidation sites excluding steroid dienone is 2. The minimum absolute atomic E-state index is 0.106. The van der Waals surface area contributed by atoms with Crippen LogP contribution in [0, 0.1) is 16.0 Å². The van der Waals surface area contributed by atoms with E-state index in [-0.39, 0.29) is 30.4 Å². The van der Waals surface area contributed by atoms with Crippen molar-refractivity contribution in [2.24, 2.45) is 5.92 Å². The van der Waals surface area contributed by atoms with Crippen molar-refractivity contribution in [2.45, 2.75) is 65.2 Å². The molecule has 2 aliphatic rings. The van der Waals surface area contributed by atoms with Crippen molar-refractivity contribution in [3.05, 3.63) is 62.9 Å². The van der Waals surface area contributed by atoms with Crippen molar-refractivity contribution < 1.29 is 33.5 Å². The van der Waals surface area contributed by atoms with Gasteiger partial charge in [0.15, 0.2) is 0 Å². The van der Waals surface area contributed by atoms with Gasteiger partial charge in [0, 0.05) is 12.1 Å². The van der Waals surface area contributed by atoms with Gasteiger partial charge in [0.2, 0.25) is 0 Å². The van der Waals surface area contributed by atoms with Gasteiger partial charge in [0.05, 0.1) is 29.5 Å². The molecule has 0 radical (unpaired) electrons. The zero-order valence-electron chi connectivity index (χ0n) is 20.3. The molecule has 0 bridgehead atoms. The van der Waals surface area contributed by atoms with Gasteiger partial charge in [0.1, 0.15) is 17.4 Å². The number of non-ortho nitro benzene ring substituents is 1. The van der Waals surface area contributed by atoms with Crippen molar-refractivity contribution in [2.75, 3.05) is 13.2 Å². The maximum absolute atomic E-state index is 12.5. The molecule has 1 fully saturated rings. The summed E-state index contributed by atoms with van der Waals surface area (Å²) in [7, 11) is 0. The Morgan fingerprint density at radius 1 is 1.03 bits per heavy atom. The van der Waals surface area contributed by atoms with E-state index in [0.29, 0.717) is 29.3 Å². The lowest BCUT2D eigenvalue weighted by Crippen LogP contribution is -2.31. The molecule has 1 heterocycles. The van der Waals surface area contributed by atoms with Crippen LogP contribution in [0.1, 0.15) is 70.8 Å². The summed E-state index contributed by atoms with van der Waals surface area (Å²) in [5, 5.41) is 14.7. The molecule has 3 rings (SSSR count). The molecule has 1 aliphatic heterocycles. The highest BCUT2D eigenvalue weighted by Gasteiger charge is 2.38. The van der Waals surface area contributed by atoms with Crippen LogP contribution < -0.4 is 5.32 Å². The molecule has 1 aliphatic carbocycles. The van der Waals surface area contributed by atoms with Crippen molar-refractivity contribution >= 4 is 18.0 Å². The molecule has 1 unspecified atom stereocenters. The highest BCUT2D eigenvalue weighted by atomic mass is 16.7. The topological polar surface area (TPSA) is 126 Å². The maximum Gasteiger partial charge on any atom is 0.513 e. The van der Waals surface area contributed by atoms with Crippen LogP contribution in [-0.4, -0.2) is 30.4 Å². The first kappa shape index (κ1) is 26.1. The number of ether oxygens (including phenoxy) is 4. The summed E-state index contributed by atoms with van der Waals surface area (Å²) >= 11 is 0. The Hall–Kier alpha value is -3.56. The number of carbonyl (C=O) groups excluding carboxylic acids is 2. The van der Waals surface area contributed by atoms with Crippen LogP contribution >= 0.6 is 0 Å². The first-order chi connectivity index (χ1) is 16.8. The number of nitrogens with one attached hydrogen (secondary N) is 1. The smallest absolute Gasteiger partial charge is 0.434 e. The number of nitrogens with zero attached hydrogens (tertiary/aromatic N) is 1.